The van der Waals surface area contributed by atoms with Crippen LogP contribution in [0.5, 0.6) is 5.75 Å². The Kier molecular flexibility index (Phi) is 5.36. The van der Waals surface area contributed by atoms with Gasteiger partial charge in [0.05, 0.1) is 7.11 Å². The smallest absolute Gasteiger partial charge is 0.258 e. The third kappa shape index (κ3) is 4.21. The van der Waals surface area contributed by atoms with Crippen molar-refractivity contribution in [1.29, 1.82) is 0 Å². The summed E-state index contributed by atoms with van der Waals surface area (Å²) >= 11 is 0. The predicted octanol–water partition coefficient (Wildman–Crippen LogP) is 4.90. The van der Waals surface area contributed by atoms with E-state index in [1.807, 2.05) is 73.7 Å². The molecule has 3 aromatic carbocycles. The lowest BCUT2D eigenvalue weighted by atomic mass is 10.0. The van der Waals surface area contributed by atoms with Gasteiger partial charge >= 0.3 is 0 Å². The third-order valence-electron chi connectivity index (χ3n) is 5.55. The van der Waals surface area contributed by atoms with Gasteiger partial charge < -0.3 is 10.1 Å². The van der Waals surface area contributed by atoms with Crippen molar-refractivity contribution in [2.45, 2.75) is 13.0 Å². The standard InChI is InChI=1S/C26H23N5O2/c1-17-8-10-20(11-9-17)24(32)28-25-29-26-27-22(18-6-4-3-5-7-18)16-23(31(26)30-25)19-12-14-21(33-2)15-13-19/h3-16,23H,1-2H3,(H2,27,28,29,30,32)/t23-/m0/s1. The summed E-state index contributed by atoms with van der Waals surface area (Å²) in [5, 5.41) is 10.8. The second-order valence-corrected chi connectivity index (χ2v) is 7.81. The molecule has 0 saturated carbocycles. The maximum absolute atomic E-state index is 12.7. The van der Waals surface area contributed by atoms with Crippen molar-refractivity contribution < 1.29 is 9.53 Å². The van der Waals surface area contributed by atoms with Crippen molar-refractivity contribution in [2.24, 2.45) is 0 Å². The number of nitrogens with one attached hydrogen (secondary N) is 2. The van der Waals surface area contributed by atoms with Gasteiger partial charge in [0.2, 0.25) is 5.95 Å². The number of methoxy groups -OCH3 is 1. The number of amides is 1. The zero-order valence-corrected chi connectivity index (χ0v) is 18.3. The minimum atomic E-state index is -0.254. The van der Waals surface area contributed by atoms with Crippen LogP contribution >= 0.6 is 0 Å². The van der Waals surface area contributed by atoms with Gasteiger partial charge in [-0.15, -0.1) is 5.10 Å². The van der Waals surface area contributed by atoms with Crippen LogP contribution in [0.15, 0.2) is 84.9 Å². The SMILES string of the molecule is COc1ccc([C@@H]2C=C(c3ccccc3)Nc3nc(NC(=O)c4ccc(C)cc4)nn32)cc1. The Morgan fingerprint density at radius 2 is 1.73 bits per heavy atom. The first-order valence-electron chi connectivity index (χ1n) is 10.6. The molecule has 1 aromatic heterocycles. The Labute approximate surface area is 191 Å². The van der Waals surface area contributed by atoms with Crippen molar-refractivity contribution >= 4 is 23.5 Å². The maximum Gasteiger partial charge on any atom is 0.258 e. The first-order valence-corrected chi connectivity index (χ1v) is 10.6. The maximum atomic E-state index is 12.7. The number of aryl methyl sites for hydroxylation is 1. The lowest BCUT2D eigenvalue weighted by Gasteiger charge is -2.24. The summed E-state index contributed by atoms with van der Waals surface area (Å²) in [6.07, 6.45) is 2.10. The van der Waals surface area contributed by atoms with E-state index in [1.165, 1.54) is 0 Å². The van der Waals surface area contributed by atoms with Crippen molar-refractivity contribution in [1.82, 2.24) is 14.8 Å². The minimum Gasteiger partial charge on any atom is -0.497 e. The molecule has 1 aliphatic rings. The van der Waals surface area contributed by atoms with Crippen LogP contribution in [0.1, 0.15) is 33.1 Å². The molecule has 0 spiro atoms. The molecule has 33 heavy (non-hydrogen) atoms. The van der Waals surface area contributed by atoms with E-state index in [1.54, 1.807) is 23.9 Å². The van der Waals surface area contributed by atoms with Crippen LogP contribution in [0.2, 0.25) is 0 Å². The van der Waals surface area contributed by atoms with E-state index in [2.05, 4.69) is 26.8 Å². The molecule has 0 radical (unpaired) electrons. The number of rotatable bonds is 5. The predicted molar refractivity (Wildman–Crippen MR) is 128 cm³/mol. The second-order valence-electron chi connectivity index (χ2n) is 7.81. The number of hydrogen-bond donors (Lipinski definition) is 2. The molecule has 1 amide bonds. The van der Waals surface area contributed by atoms with Crippen LogP contribution in [0, 0.1) is 6.92 Å². The Balaban J connectivity index is 1.49. The Hall–Kier alpha value is -4.39. The van der Waals surface area contributed by atoms with Gasteiger partial charge in [-0.05, 0) is 48.4 Å². The van der Waals surface area contributed by atoms with Gasteiger partial charge in [-0.2, -0.15) is 4.98 Å². The van der Waals surface area contributed by atoms with Gasteiger partial charge in [-0.25, -0.2) is 4.68 Å². The van der Waals surface area contributed by atoms with E-state index < -0.39 is 0 Å². The number of carbonyl (C=O) groups is 1. The van der Waals surface area contributed by atoms with E-state index in [-0.39, 0.29) is 17.9 Å². The summed E-state index contributed by atoms with van der Waals surface area (Å²) in [6.45, 7) is 1.98. The molecule has 164 valence electrons. The van der Waals surface area contributed by atoms with E-state index in [0.29, 0.717) is 11.5 Å². The molecule has 7 heteroatoms. The van der Waals surface area contributed by atoms with Crippen molar-refractivity contribution in [3.8, 4) is 5.75 Å². The topological polar surface area (TPSA) is 81.1 Å². The number of benzene rings is 3. The molecule has 0 unspecified atom stereocenters. The number of hydrogen-bond acceptors (Lipinski definition) is 5. The fourth-order valence-corrected chi connectivity index (χ4v) is 3.75. The van der Waals surface area contributed by atoms with Gasteiger partial charge in [0.15, 0.2) is 0 Å². The first kappa shape index (κ1) is 20.5. The Morgan fingerprint density at radius 1 is 1.00 bits per heavy atom. The molecule has 0 saturated heterocycles. The molecular weight excluding hydrogens is 414 g/mol. The summed E-state index contributed by atoms with van der Waals surface area (Å²) in [7, 11) is 1.64. The van der Waals surface area contributed by atoms with E-state index >= 15 is 0 Å². The zero-order chi connectivity index (χ0) is 22.8. The normalized spacial score (nSPS) is 14.6. The lowest BCUT2D eigenvalue weighted by molar-refractivity contribution is 0.102. The quantitative estimate of drug-likeness (QED) is 0.464. The molecule has 4 aromatic rings. The van der Waals surface area contributed by atoms with Gasteiger partial charge in [-0.1, -0.05) is 60.2 Å². The van der Waals surface area contributed by atoms with Crippen LogP contribution in [0.3, 0.4) is 0 Å². The fourth-order valence-electron chi connectivity index (χ4n) is 3.75. The van der Waals surface area contributed by atoms with Crippen LogP contribution in [0.25, 0.3) is 5.70 Å². The molecule has 2 N–H and O–H groups in total. The number of anilines is 2. The molecule has 1 atom stereocenters. The number of aromatic nitrogens is 3. The molecule has 2 heterocycles. The monoisotopic (exact) mass is 437 g/mol. The Bertz CT molecular complexity index is 1310. The molecule has 0 fully saturated rings. The van der Waals surface area contributed by atoms with Crippen molar-refractivity contribution in [2.75, 3.05) is 17.7 Å². The van der Waals surface area contributed by atoms with Gasteiger partial charge in [0, 0.05) is 11.3 Å². The molecule has 7 nitrogen and oxygen atoms in total. The minimum absolute atomic E-state index is 0.208. The van der Waals surface area contributed by atoms with E-state index in [9.17, 15) is 4.79 Å². The molecule has 0 aliphatic carbocycles. The summed E-state index contributed by atoms with van der Waals surface area (Å²) < 4.78 is 7.08. The summed E-state index contributed by atoms with van der Waals surface area (Å²) in [5.41, 5.74) is 4.63. The van der Waals surface area contributed by atoms with Crippen molar-refractivity contribution in [3.63, 3.8) is 0 Å². The van der Waals surface area contributed by atoms with Gasteiger partial charge in [0.25, 0.3) is 11.9 Å². The number of ether oxygens (including phenoxy) is 1. The molecule has 5 rings (SSSR count). The average molecular weight is 438 g/mol. The highest BCUT2D eigenvalue weighted by molar-refractivity contribution is 6.03. The van der Waals surface area contributed by atoms with Crippen LogP contribution in [-0.4, -0.2) is 27.8 Å². The van der Waals surface area contributed by atoms with Crippen LogP contribution < -0.4 is 15.4 Å². The van der Waals surface area contributed by atoms with Gasteiger partial charge in [-0.3, -0.25) is 10.1 Å². The third-order valence-corrected chi connectivity index (χ3v) is 5.55. The van der Waals surface area contributed by atoms with Crippen molar-refractivity contribution in [3.05, 3.63) is 107 Å². The highest BCUT2D eigenvalue weighted by Crippen LogP contribution is 2.33. The van der Waals surface area contributed by atoms with E-state index in [0.717, 1.165) is 28.1 Å². The lowest BCUT2D eigenvalue weighted by Crippen LogP contribution is -2.20. The number of nitrogens with zero attached hydrogens (tertiary/aromatic N) is 3. The fraction of sp³-hybridized carbons (Fsp3) is 0.115. The number of allylic oxidation sites excluding steroid dienone is 1. The largest absolute Gasteiger partial charge is 0.497 e. The van der Waals surface area contributed by atoms with Gasteiger partial charge in [0.1, 0.15) is 11.8 Å². The highest BCUT2D eigenvalue weighted by Gasteiger charge is 2.26. The average Bonchev–Trinajstić information content (AvgIpc) is 3.26. The van der Waals surface area contributed by atoms with Crippen LogP contribution in [0.4, 0.5) is 11.9 Å². The Morgan fingerprint density at radius 3 is 2.42 bits per heavy atom. The summed E-state index contributed by atoms with van der Waals surface area (Å²) in [4.78, 5) is 17.3. The van der Waals surface area contributed by atoms with E-state index in [4.69, 9.17) is 4.74 Å². The zero-order valence-electron chi connectivity index (χ0n) is 18.3. The number of fused-ring (bicyclic) bond motifs is 1. The van der Waals surface area contributed by atoms with Crippen LogP contribution in [-0.2, 0) is 0 Å². The molecule has 1 aliphatic heterocycles. The molecule has 0 bridgehead atoms. The highest BCUT2D eigenvalue weighted by atomic mass is 16.5. The number of carbonyl (C=O) groups excluding carboxylic acids is 1. The molecular formula is C26H23N5O2. The second kappa shape index (κ2) is 8.63. The first-order chi connectivity index (χ1) is 16.1. The summed E-state index contributed by atoms with van der Waals surface area (Å²) in [5.74, 6) is 1.32. The summed E-state index contributed by atoms with van der Waals surface area (Å²) in [6, 6.07) is 25.1.